The van der Waals surface area contributed by atoms with Gasteiger partial charge in [-0.2, -0.15) is 0 Å². The molecule has 1 aliphatic carbocycles. The number of amides is 1. The van der Waals surface area contributed by atoms with E-state index in [-0.39, 0.29) is 22.3 Å². The Kier molecular flexibility index (Phi) is 3.88. The van der Waals surface area contributed by atoms with E-state index in [4.69, 9.17) is 5.14 Å². The molecule has 1 atom stereocenters. The molecule has 0 spiro atoms. The standard InChI is InChI=1S/C14H20N2O3S/c1-14(2)7-6-11(9-14)16-13(17)10-4-3-5-12(8-10)20(15,18)19/h3-5,8,11H,6-7,9H2,1-2H3,(H,16,17)(H2,15,18,19). The van der Waals surface area contributed by atoms with Gasteiger partial charge in [0.05, 0.1) is 4.90 Å². The molecule has 6 heteroatoms. The van der Waals surface area contributed by atoms with E-state index < -0.39 is 10.0 Å². The van der Waals surface area contributed by atoms with Crippen LogP contribution in [0.5, 0.6) is 0 Å². The van der Waals surface area contributed by atoms with Gasteiger partial charge in [-0.3, -0.25) is 4.79 Å². The average Bonchev–Trinajstić information content (AvgIpc) is 2.68. The summed E-state index contributed by atoms with van der Waals surface area (Å²) in [6, 6.07) is 5.95. The van der Waals surface area contributed by atoms with Gasteiger partial charge < -0.3 is 5.32 Å². The van der Waals surface area contributed by atoms with Crippen LogP contribution in [0.15, 0.2) is 29.2 Å². The largest absolute Gasteiger partial charge is 0.349 e. The van der Waals surface area contributed by atoms with Crippen LogP contribution >= 0.6 is 0 Å². The van der Waals surface area contributed by atoms with E-state index in [9.17, 15) is 13.2 Å². The lowest BCUT2D eigenvalue weighted by Crippen LogP contribution is -2.33. The summed E-state index contributed by atoms with van der Waals surface area (Å²) in [5, 5.41) is 8.02. The molecule has 1 saturated carbocycles. The smallest absolute Gasteiger partial charge is 0.251 e. The Morgan fingerprint density at radius 2 is 2.10 bits per heavy atom. The van der Waals surface area contributed by atoms with Crippen molar-refractivity contribution in [2.45, 2.75) is 44.0 Å². The summed E-state index contributed by atoms with van der Waals surface area (Å²) in [5.41, 5.74) is 0.571. The lowest BCUT2D eigenvalue weighted by atomic mass is 9.92. The molecule has 1 aromatic rings. The van der Waals surface area contributed by atoms with E-state index in [0.29, 0.717) is 5.56 Å². The van der Waals surface area contributed by atoms with E-state index in [1.54, 1.807) is 6.07 Å². The third-order valence-corrected chi connectivity index (χ3v) is 4.64. The van der Waals surface area contributed by atoms with Crippen LogP contribution in [0.4, 0.5) is 0 Å². The van der Waals surface area contributed by atoms with E-state index >= 15 is 0 Å². The predicted molar refractivity (Wildman–Crippen MR) is 76.7 cm³/mol. The second-order valence-electron chi connectivity index (χ2n) is 6.15. The van der Waals surface area contributed by atoms with Crippen LogP contribution in [-0.4, -0.2) is 20.4 Å². The first kappa shape index (κ1) is 15.0. The second-order valence-corrected chi connectivity index (χ2v) is 7.71. The van der Waals surface area contributed by atoms with Crippen LogP contribution in [0.2, 0.25) is 0 Å². The molecule has 0 bridgehead atoms. The predicted octanol–water partition coefficient (Wildman–Crippen LogP) is 1.64. The number of sulfonamides is 1. The van der Waals surface area contributed by atoms with Gasteiger partial charge in [0, 0.05) is 11.6 Å². The zero-order valence-corrected chi connectivity index (χ0v) is 12.5. The van der Waals surface area contributed by atoms with Crippen molar-refractivity contribution in [2.75, 3.05) is 0 Å². The van der Waals surface area contributed by atoms with Crippen molar-refractivity contribution >= 4 is 15.9 Å². The zero-order chi connectivity index (χ0) is 15.0. The second kappa shape index (κ2) is 5.18. The fourth-order valence-corrected chi connectivity index (χ4v) is 3.20. The van der Waals surface area contributed by atoms with Crippen LogP contribution in [0.25, 0.3) is 0 Å². The van der Waals surface area contributed by atoms with Crippen LogP contribution in [0, 0.1) is 5.41 Å². The van der Waals surface area contributed by atoms with Crippen molar-refractivity contribution in [1.29, 1.82) is 0 Å². The first-order valence-corrected chi connectivity index (χ1v) is 8.16. The van der Waals surface area contributed by atoms with Gasteiger partial charge in [-0.05, 0) is 42.9 Å². The number of hydrogen-bond acceptors (Lipinski definition) is 3. The lowest BCUT2D eigenvalue weighted by molar-refractivity contribution is 0.0936. The van der Waals surface area contributed by atoms with Crippen molar-refractivity contribution in [1.82, 2.24) is 5.32 Å². The summed E-state index contributed by atoms with van der Waals surface area (Å²) < 4.78 is 22.6. The fraction of sp³-hybridized carbons (Fsp3) is 0.500. The molecule has 20 heavy (non-hydrogen) atoms. The third-order valence-electron chi connectivity index (χ3n) is 3.73. The van der Waals surface area contributed by atoms with E-state index in [0.717, 1.165) is 19.3 Å². The normalized spacial score (nSPS) is 21.6. The monoisotopic (exact) mass is 296 g/mol. The van der Waals surface area contributed by atoms with Crippen LogP contribution in [-0.2, 0) is 10.0 Å². The number of nitrogens with one attached hydrogen (secondary N) is 1. The minimum Gasteiger partial charge on any atom is -0.349 e. The summed E-state index contributed by atoms with van der Waals surface area (Å²) in [5.74, 6) is -0.252. The lowest BCUT2D eigenvalue weighted by Gasteiger charge is -2.18. The highest BCUT2D eigenvalue weighted by atomic mass is 32.2. The number of rotatable bonds is 3. The molecule has 0 aromatic heterocycles. The number of hydrogen-bond donors (Lipinski definition) is 2. The zero-order valence-electron chi connectivity index (χ0n) is 11.7. The van der Waals surface area contributed by atoms with Crippen molar-refractivity contribution in [3.8, 4) is 0 Å². The minimum absolute atomic E-state index is 0.0445. The Morgan fingerprint density at radius 3 is 2.65 bits per heavy atom. The number of carbonyl (C=O) groups is 1. The maximum atomic E-state index is 12.1. The molecule has 1 aromatic carbocycles. The van der Waals surface area contributed by atoms with Gasteiger partial charge in [-0.25, -0.2) is 13.6 Å². The topological polar surface area (TPSA) is 89.3 Å². The Morgan fingerprint density at radius 1 is 1.40 bits per heavy atom. The van der Waals surface area contributed by atoms with E-state index in [1.165, 1.54) is 18.2 Å². The summed E-state index contributed by atoms with van der Waals surface area (Å²) in [6.07, 6.45) is 2.97. The summed E-state index contributed by atoms with van der Waals surface area (Å²) in [6.45, 7) is 4.36. The van der Waals surface area contributed by atoms with Crippen molar-refractivity contribution < 1.29 is 13.2 Å². The molecule has 2 rings (SSSR count). The molecule has 1 fully saturated rings. The molecule has 1 unspecified atom stereocenters. The van der Waals surface area contributed by atoms with Gasteiger partial charge >= 0.3 is 0 Å². The molecule has 1 amide bonds. The number of benzene rings is 1. The Labute approximate surface area is 119 Å². The van der Waals surface area contributed by atoms with Crippen molar-refractivity contribution in [3.05, 3.63) is 29.8 Å². The van der Waals surface area contributed by atoms with Crippen LogP contribution < -0.4 is 10.5 Å². The van der Waals surface area contributed by atoms with Gasteiger partial charge in [-0.1, -0.05) is 19.9 Å². The maximum absolute atomic E-state index is 12.1. The fourth-order valence-electron chi connectivity index (χ4n) is 2.64. The molecule has 0 saturated heterocycles. The highest BCUT2D eigenvalue weighted by molar-refractivity contribution is 7.89. The van der Waals surface area contributed by atoms with Crippen LogP contribution in [0.3, 0.4) is 0 Å². The highest BCUT2D eigenvalue weighted by Crippen LogP contribution is 2.36. The van der Waals surface area contributed by atoms with Crippen molar-refractivity contribution in [3.63, 3.8) is 0 Å². The van der Waals surface area contributed by atoms with E-state index in [1.807, 2.05) is 0 Å². The van der Waals surface area contributed by atoms with Gasteiger partial charge in [0.25, 0.3) is 5.91 Å². The highest BCUT2D eigenvalue weighted by Gasteiger charge is 2.31. The molecule has 1 aliphatic rings. The Hall–Kier alpha value is -1.40. The molecule has 0 aliphatic heterocycles. The number of nitrogens with two attached hydrogens (primary N) is 1. The Bertz CT molecular complexity index is 623. The molecule has 3 N–H and O–H groups in total. The quantitative estimate of drug-likeness (QED) is 0.888. The SMILES string of the molecule is CC1(C)CCC(NC(=O)c2cccc(S(N)(=O)=O)c2)C1. The molecule has 5 nitrogen and oxygen atoms in total. The average molecular weight is 296 g/mol. The Balaban J connectivity index is 2.11. The summed E-state index contributed by atoms with van der Waals surface area (Å²) >= 11 is 0. The molecule has 110 valence electrons. The summed E-state index contributed by atoms with van der Waals surface area (Å²) in [7, 11) is -3.78. The number of primary sulfonamides is 1. The molecular weight excluding hydrogens is 276 g/mol. The molecular formula is C14H20N2O3S. The first-order valence-electron chi connectivity index (χ1n) is 6.61. The van der Waals surface area contributed by atoms with Crippen molar-refractivity contribution in [2.24, 2.45) is 10.6 Å². The van der Waals surface area contributed by atoms with Crippen LogP contribution in [0.1, 0.15) is 43.5 Å². The maximum Gasteiger partial charge on any atom is 0.251 e. The van der Waals surface area contributed by atoms with E-state index in [2.05, 4.69) is 19.2 Å². The van der Waals surface area contributed by atoms with Gasteiger partial charge in [0.1, 0.15) is 0 Å². The molecule has 0 heterocycles. The first-order chi connectivity index (χ1) is 9.17. The van der Waals surface area contributed by atoms with Gasteiger partial charge in [0.2, 0.25) is 10.0 Å². The third kappa shape index (κ3) is 3.58. The van der Waals surface area contributed by atoms with Gasteiger partial charge in [0.15, 0.2) is 0 Å². The summed E-state index contributed by atoms with van der Waals surface area (Å²) in [4.78, 5) is 12.1. The minimum atomic E-state index is -3.78. The number of carbonyl (C=O) groups excluding carboxylic acids is 1. The molecule has 0 radical (unpaired) electrons. The van der Waals surface area contributed by atoms with Gasteiger partial charge in [-0.15, -0.1) is 0 Å².